The second-order valence-corrected chi connectivity index (χ2v) is 6.37. The molecule has 2 aromatic heterocycles. The molecule has 2 aromatic carbocycles. The fourth-order valence-corrected chi connectivity index (χ4v) is 3.33. The molecule has 0 amide bonds. The number of fused-ring (bicyclic) bond motifs is 1. The van der Waals surface area contributed by atoms with Crippen molar-refractivity contribution in [2.24, 2.45) is 7.05 Å². The van der Waals surface area contributed by atoms with Gasteiger partial charge in [0.1, 0.15) is 17.1 Å². The SMILES string of the molecule is COc1ccc(-c2[nH]c3c(c2-c2ccc(OC)cc2)c(=O)[nH]c(=O)n3C)cc1. The summed E-state index contributed by atoms with van der Waals surface area (Å²) in [5.74, 6) is 1.45. The van der Waals surface area contributed by atoms with Crippen LogP contribution in [0.4, 0.5) is 0 Å². The fourth-order valence-electron chi connectivity index (χ4n) is 3.33. The summed E-state index contributed by atoms with van der Waals surface area (Å²) in [4.78, 5) is 30.4. The van der Waals surface area contributed by atoms with Gasteiger partial charge in [-0.3, -0.25) is 14.3 Å². The molecule has 0 spiro atoms. The molecule has 0 saturated heterocycles. The van der Waals surface area contributed by atoms with Crippen LogP contribution < -0.4 is 20.7 Å². The van der Waals surface area contributed by atoms with Crippen LogP contribution in [0, 0.1) is 0 Å². The van der Waals surface area contributed by atoms with Crippen molar-refractivity contribution in [2.75, 3.05) is 14.2 Å². The molecule has 2 N–H and O–H groups in total. The Balaban J connectivity index is 2.07. The molecule has 4 aromatic rings. The summed E-state index contributed by atoms with van der Waals surface area (Å²) in [6, 6.07) is 15.0. The number of aromatic nitrogens is 3. The summed E-state index contributed by atoms with van der Waals surface area (Å²) in [5.41, 5.74) is 2.73. The van der Waals surface area contributed by atoms with E-state index in [2.05, 4.69) is 9.97 Å². The van der Waals surface area contributed by atoms with Crippen molar-refractivity contribution in [3.8, 4) is 33.9 Å². The predicted molar refractivity (Wildman–Crippen MR) is 108 cm³/mol. The summed E-state index contributed by atoms with van der Waals surface area (Å²) < 4.78 is 11.9. The molecule has 0 radical (unpaired) electrons. The van der Waals surface area contributed by atoms with Crippen molar-refractivity contribution in [1.29, 1.82) is 0 Å². The highest BCUT2D eigenvalue weighted by Gasteiger charge is 2.20. The van der Waals surface area contributed by atoms with E-state index in [1.54, 1.807) is 21.3 Å². The Hall–Kier alpha value is -3.74. The zero-order chi connectivity index (χ0) is 19.8. The number of aryl methyl sites for hydroxylation is 1. The quantitative estimate of drug-likeness (QED) is 0.572. The van der Waals surface area contributed by atoms with Gasteiger partial charge in [-0.25, -0.2) is 4.79 Å². The van der Waals surface area contributed by atoms with E-state index in [9.17, 15) is 9.59 Å². The molecule has 0 aliphatic heterocycles. The highest BCUT2D eigenvalue weighted by Crippen LogP contribution is 2.37. The fraction of sp³-hybridized carbons (Fsp3) is 0.143. The third kappa shape index (κ3) is 2.77. The highest BCUT2D eigenvalue weighted by atomic mass is 16.5. The minimum Gasteiger partial charge on any atom is -0.497 e. The first-order valence-electron chi connectivity index (χ1n) is 8.67. The van der Waals surface area contributed by atoms with E-state index < -0.39 is 11.2 Å². The molecule has 142 valence electrons. The summed E-state index contributed by atoms with van der Waals surface area (Å²) >= 11 is 0. The number of hydrogen-bond donors (Lipinski definition) is 2. The molecule has 7 heteroatoms. The predicted octanol–water partition coefficient (Wildman–Crippen LogP) is 2.91. The highest BCUT2D eigenvalue weighted by molar-refractivity contribution is 6.02. The molecule has 28 heavy (non-hydrogen) atoms. The van der Waals surface area contributed by atoms with Gasteiger partial charge in [-0.05, 0) is 47.5 Å². The van der Waals surface area contributed by atoms with Crippen LogP contribution in [0.1, 0.15) is 0 Å². The molecule has 2 heterocycles. The number of methoxy groups -OCH3 is 2. The molecule has 0 fully saturated rings. The number of H-pyrrole nitrogens is 2. The van der Waals surface area contributed by atoms with Gasteiger partial charge in [0, 0.05) is 12.6 Å². The summed E-state index contributed by atoms with van der Waals surface area (Å²) in [6.45, 7) is 0. The average molecular weight is 377 g/mol. The minimum absolute atomic E-state index is 0.429. The smallest absolute Gasteiger partial charge is 0.329 e. The van der Waals surface area contributed by atoms with E-state index in [0.717, 1.165) is 33.9 Å². The van der Waals surface area contributed by atoms with Crippen LogP contribution >= 0.6 is 0 Å². The third-order valence-electron chi connectivity index (χ3n) is 4.83. The van der Waals surface area contributed by atoms with Crippen LogP contribution in [-0.2, 0) is 7.05 Å². The molecule has 0 aliphatic carbocycles. The number of nitrogens with one attached hydrogen (secondary N) is 2. The maximum absolute atomic E-state index is 12.7. The number of benzene rings is 2. The van der Waals surface area contributed by atoms with Gasteiger partial charge >= 0.3 is 5.69 Å². The Kier molecular flexibility index (Phi) is 4.27. The lowest BCUT2D eigenvalue weighted by molar-refractivity contribution is 0.414. The lowest BCUT2D eigenvalue weighted by Crippen LogP contribution is -2.28. The second kappa shape index (κ2) is 6.77. The van der Waals surface area contributed by atoms with E-state index in [-0.39, 0.29) is 0 Å². The first-order valence-corrected chi connectivity index (χ1v) is 8.67. The van der Waals surface area contributed by atoms with Crippen molar-refractivity contribution in [2.45, 2.75) is 0 Å². The van der Waals surface area contributed by atoms with Crippen LogP contribution in [0.15, 0.2) is 58.1 Å². The van der Waals surface area contributed by atoms with Crippen LogP contribution in [0.25, 0.3) is 33.4 Å². The Morgan fingerprint density at radius 2 is 1.32 bits per heavy atom. The van der Waals surface area contributed by atoms with Gasteiger partial charge in [-0.2, -0.15) is 0 Å². The van der Waals surface area contributed by atoms with Crippen LogP contribution in [0.5, 0.6) is 11.5 Å². The van der Waals surface area contributed by atoms with Gasteiger partial charge in [0.2, 0.25) is 0 Å². The molecule has 7 nitrogen and oxygen atoms in total. The standard InChI is InChI=1S/C21H19N3O4/c1-24-19-17(20(25)23-21(24)26)16(12-4-8-14(27-2)9-5-12)18(22-19)13-6-10-15(28-3)11-7-13/h4-11,22H,1-3H3,(H,23,25,26). The van der Waals surface area contributed by atoms with E-state index in [0.29, 0.717) is 11.0 Å². The van der Waals surface area contributed by atoms with Crippen molar-refractivity contribution in [1.82, 2.24) is 14.5 Å². The molecule has 0 unspecified atom stereocenters. The lowest BCUT2D eigenvalue weighted by atomic mass is 9.99. The van der Waals surface area contributed by atoms with E-state index in [1.165, 1.54) is 4.57 Å². The lowest BCUT2D eigenvalue weighted by Gasteiger charge is -2.07. The molecule has 0 bridgehead atoms. The molecular formula is C21H19N3O4. The largest absolute Gasteiger partial charge is 0.497 e. The molecule has 0 saturated carbocycles. The molecule has 0 aliphatic rings. The average Bonchev–Trinajstić information content (AvgIpc) is 3.13. The number of aromatic amines is 2. The number of rotatable bonds is 4. The molecule has 4 rings (SSSR count). The van der Waals surface area contributed by atoms with Crippen molar-refractivity contribution < 1.29 is 9.47 Å². The monoisotopic (exact) mass is 377 g/mol. The Bertz CT molecular complexity index is 1260. The Morgan fingerprint density at radius 1 is 0.786 bits per heavy atom. The Morgan fingerprint density at radius 3 is 1.86 bits per heavy atom. The van der Waals surface area contributed by atoms with Crippen molar-refractivity contribution >= 4 is 11.0 Å². The maximum Gasteiger partial charge on any atom is 0.329 e. The topological polar surface area (TPSA) is 89.1 Å². The minimum atomic E-state index is -0.471. The van der Waals surface area contributed by atoms with Gasteiger partial charge < -0.3 is 14.5 Å². The number of nitrogens with zero attached hydrogens (tertiary/aromatic N) is 1. The zero-order valence-electron chi connectivity index (χ0n) is 15.7. The second-order valence-electron chi connectivity index (χ2n) is 6.37. The van der Waals surface area contributed by atoms with E-state index in [4.69, 9.17) is 9.47 Å². The summed E-state index contributed by atoms with van der Waals surface area (Å²) in [5, 5.41) is 0.429. The van der Waals surface area contributed by atoms with Crippen LogP contribution in [-0.4, -0.2) is 28.8 Å². The van der Waals surface area contributed by atoms with Gasteiger partial charge in [-0.15, -0.1) is 0 Å². The number of hydrogen-bond acceptors (Lipinski definition) is 4. The summed E-state index contributed by atoms with van der Waals surface area (Å²) in [7, 11) is 4.83. The van der Waals surface area contributed by atoms with Crippen LogP contribution in [0.3, 0.4) is 0 Å². The third-order valence-corrected chi connectivity index (χ3v) is 4.83. The van der Waals surface area contributed by atoms with Gasteiger partial charge in [0.05, 0.1) is 25.3 Å². The van der Waals surface area contributed by atoms with Crippen molar-refractivity contribution in [3.63, 3.8) is 0 Å². The molecule has 0 atom stereocenters. The van der Waals surface area contributed by atoms with E-state index >= 15 is 0 Å². The Labute approximate surface area is 160 Å². The number of ether oxygens (including phenoxy) is 2. The molecular weight excluding hydrogens is 358 g/mol. The summed E-state index contributed by atoms with van der Waals surface area (Å²) in [6.07, 6.45) is 0. The maximum atomic E-state index is 12.7. The first-order chi connectivity index (χ1) is 13.5. The van der Waals surface area contributed by atoms with Crippen molar-refractivity contribution in [3.05, 3.63) is 69.4 Å². The van der Waals surface area contributed by atoms with E-state index in [1.807, 2.05) is 48.5 Å². The van der Waals surface area contributed by atoms with Gasteiger partial charge in [0.25, 0.3) is 5.56 Å². The van der Waals surface area contributed by atoms with Gasteiger partial charge in [0.15, 0.2) is 0 Å². The van der Waals surface area contributed by atoms with Gasteiger partial charge in [-0.1, -0.05) is 12.1 Å². The van der Waals surface area contributed by atoms with Crippen LogP contribution in [0.2, 0.25) is 0 Å². The normalized spacial score (nSPS) is 11.0. The zero-order valence-corrected chi connectivity index (χ0v) is 15.7. The first kappa shape index (κ1) is 17.7.